The van der Waals surface area contributed by atoms with Gasteiger partial charge in [-0.1, -0.05) is 12.1 Å². The first kappa shape index (κ1) is 20.5. The summed E-state index contributed by atoms with van der Waals surface area (Å²) in [6.07, 6.45) is -3.86. The Kier molecular flexibility index (Phi) is 4.20. The predicted molar refractivity (Wildman–Crippen MR) is 97.3 cm³/mol. The number of esters is 1. The lowest BCUT2D eigenvalue weighted by Crippen LogP contribution is -2.65. The summed E-state index contributed by atoms with van der Waals surface area (Å²) in [4.78, 5) is 14.1. The van der Waals surface area contributed by atoms with Crippen molar-refractivity contribution in [3.05, 3.63) is 35.4 Å². The molecule has 4 aliphatic rings. The number of likely N-dealkylation sites (N-methyl/N-ethyl adjacent to an activating group) is 1. The highest BCUT2D eigenvalue weighted by atomic mass is 19.4. The van der Waals surface area contributed by atoms with Gasteiger partial charge in [0.05, 0.1) is 7.11 Å². The molecule has 0 aromatic heterocycles. The number of halogens is 5. The maximum atomic E-state index is 13.6. The van der Waals surface area contributed by atoms with Crippen LogP contribution >= 0.6 is 0 Å². The summed E-state index contributed by atoms with van der Waals surface area (Å²) in [7, 11) is 3.47. The van der Waals surface area contributed by atoms with Crippen molar-refractivity contribution in [1.29, 1.82) is 0 Å². The Morgan fingerprint density at radius 2 is 1.97 bits per heavy atom. The van der Waals surface area contributed by atoms with Crippen LogP contribution in [0.25, 0.3) is 0 Å². The molecule has 0 amide bonds. The number of carbonyl (C=O) groups is 1. The number of likely N-dealkylation sites (tertiary alicyclic amines) is 1. The highest BCUT2D eigenvalue weighted by molar-refractivity contribution is 5.79. The van der Waals surface area contributed by atoms with Gasteiger partial charge in [0.15, 0.2) is 17.6 Å². The molecule has 31 heavy (non-hydrogen) atoms. The lowest BCUT2D eigenvalue weighted by Gasteiger charge is -2.56. The van der Waals surface area contributed by atoms with Crippen LogP contribution in [-0.2, 0) is 21.4 Å². The van der Waals surface area contributed by atoms with Crippen molar-refractivity contribution in [2.75, 3.05) is 20.7 Å². The molecule has 2 bridgehead atoms. The second-order valence-electron chi connectivity index (χ2n) is 8.56. The zero-order valence-corrected chi connectivity index (χ0v) is 16.7. The van der Waals surface area contributed by atoms with Gasteiger partial charge in [-0.2, -0.15) is 22.0 Å². The van der Waals surface area contributed by atoms with E-state index < -0.39 is 35.7 Å². The highest BCUT2D eigenvalue weighted by Gasteiger charge is 2.68. The van der Waals surface area contributed by atoms with Crippen LogP contribution in [0.4, 0.5) is 22.0 Å². The molecule has 2 aliphatic heterocycles. The first-order valence-corrected chi connectivity index (χ1v) is 9.93. The molecule has 1 aromatic rings. The van der Waals surface area contributed by atoms with Gasteiger partial charge < -0.3 is 19.1 Å². The maximum Gasteiger partial charge on any atom is 0.465 e. The quantitative estimate of drug-likeness (QED) is 0.406. The number of hydrogen-bond donors (Lipinski definition) is 0. The Morgan fingerprint density at radius 1 is 1.23 bits per heavy atom. The molecule has 2 aliphatic carbocycles. The van der Waals surface area contributed by atoms with Gasteiger partial charge in [0, 0.05) is 22.9 Å². The highest BCUT2D eigenvalue weighted by Crippen LogP contribution is 2.62. The van der Waals surface area contributed by atoms with Crippen LogP contribution in [-0.4, -0.2) is 61.9 Å². The number of alkyl halides is 5. The molecule has 0 radical (unpaired) electrons. The summed E-state index contributed by atoms with van der Waals surface area (Å²) in [6.45, 7) is 0.685. The minimum atomic E-state index is -6.04. The van der Waals surface area contributed by atoms with Crippen molar-refractivity contribution in [2.45, 2.75) is 48.6 Å². The number of benzene rings is 1. The van der Waals surface area contributed by atoms with Gasteiger partial charge in [0.25, 0.3) is 0 Å². The summed E-state index contributed by atoms with van der Waals surface area (Å²) >= 11 is 0. The molecule has 5 unspecified atom stereocenters. The van der Waals surface area contributed by atoms with Gasteiger partial charge in [-0.05, 0) is 44.1 Å². The van der Waals surface area contributed by atoms with Gasteiger partial charge >= 0.3 is 18.1 Å². The average molecular weight is 445 g/mol. The van der Waals surface area contributed by atoms with Gasteiger partial charge in [-0.3, -0.25) is 0 Å². The van der Waals surface area contributed by atoms with E-state index in [1.54, 1.807) is 12.1 Å². The average Bonchev–Trinajstić information content (AvgIpc) is 3.06. The third kappa shape index (κ3) is 2.54. The lowest BCUT2D eigenvalue weighted by molar-refractivity contribution is -0.283. The molecule has 1 fully saturated rings. The molecule has 5 nitrogen and oxygen atoms in total. The van der Waals surface area contributed by atoms with Crippen molar-refractivity contribution in [1.82, 2.24) is 4.90 Å². The Balaban J connectivity index is 1.59. The SMILES string of the molecule is COc1ccc2c3c1OC1C(OC(=O)C(F)(F)C(F)(F)F)C=CC4C(C2)N(C)CCC341. The molecule has 1 aromatic carbocycles. The summed E-state index contributed by atoms with van der Waals surface area (Å²) in [5.74, 6) is -7.40. The molecule has 1 saturated heterocycles. The Hall–Kier alpha value is -2.36. The molecular formula is C21H20F5NO4. The van der Waals surface area contributed by atoms with E-state index >= 15 is 0 Å². The summed E-state index contributed by atoms with van der Waals surface area (Å²) in [5, 5.41) is 0. The van der Waals surface area contributed by atoms with Crippen molar-refractivity contribution >= 4 is 5.97 Å². The second-order valence-corrected chi connectivity index (χ2v) is 8.56. The molecule has 168 valence electrons. The minimum Gasteiger partial charge on any atom is -0.493 e. The van der Waals surface area contributed by atoms with E-state index in [-0.39, 0.29) is 12.0 Å². The number of carbonyl (C=O) groups excluding carboxylic acids is 1. The summed E-state index contributed by atoms with van der Waals surface area (Å²) in [6, 6.07) is 3.80. The molecule has 0 N–H and O–H groups in total. The van der Waals surface area contributed by atoms with Gasteiger partial charge in [-0.25, -0.2) is 4.79 Å². The number of hydrogen-bond acceptors (Lipinski definition) is 5. The van der Waals surface area contributed by atoms with E-state index in [4.69, 9.17) is 14.2 Å². The number of piperidine rings is 1. The third-order valence-electron chi connectivity index (χ3n) is 7.19. The Morgan fingerprint density at radius 3 is 2.65 bits per heavy atom. The monoisotopic (exact) mass is 445 g/mol. The summed E-state index contributed by atoms with van der Waals surface area (Å²) < 4.78 is 81.5. The van der Waals surface area contributed by atoms with Crippen molar-refractivity contribution in [3.8, 4) is 11.5 Å². The van der Waals surface area contributed by atoms with E-state index in [2.05, 4.69) is 4.90 Å². The topological polar surface area (TPSA) is 48.0 Å². The van der Waals surface area contributed by atoms with E-state index in [1.165, 1.54) is 13.2 Å². The van der Waals surface area contributed by atoms with Crippen LogP contribution in [0.2, 0.25) is 0 Å². The van der Waals surface area contributed by atoms with Crippen LogP contribution in [0, 0.1) is 5.92 Å². The van der Waals surface area contributed by atoms with E-state index in [0.29, 0.717) is 24.5 Å². The van der Waals surface area contributed by atoms with Crippen LogP contribution in [0.3, 0.4) is 0 Å². The normalized spacial score (nSPS) is 33.5. The fourth-order valence-electron chi connectivity index (χ4n) is 5.78. The summed E-state index contributed by atoms with van der Waals surface area (Å²) in [5.41, 5.74) is 1.22. The van der Waals surface area contributed by atoms with Gasteiger partial charge in [0.1, 0.15) is 6.10 Å². The zero-order valence-electron chi connectivity index (χ0n) is 16.7. The van der Waals surface area contributed by atoms with Gasteiger partial charge in [0.2, 0.25) is 0 Å². The molecule has 5 atom stereocenters. The standard InChI is InChI=1S/C21H20F5NO4/c1-27-8-7-19-11-4-6-14(30-18(28)20(22,23)21(24,25)26)17(19)31-16-13(29-2)5-3-10(15(16)19)9-12(11)27/h3-6,11-12,14,17H,7-9H2,1-2H3. The maximum absolute atomic E-state index is 13.6. The zero-order chi connectivity index (χ0) is 22.3. The minimum absolute atomic E-state index is 0.0600. The predicted octanol–water partition coefficient (Wildman–Crippen LogP) is 3.25. The van der Waals surface area contributed by atoms with E-state index in [0.717, 1.165) is 17.5 Å². The van der Waals surface area contributed by atoms with Crippen LogP contribution in [0.1, 0.15) is 17.5 Å². The lowest BCUT2D eigenvalue weighted by atomic mass is 9.53. The molecular weight excluding hydrogens is 425 g/mol. The first-order valence-electron chi connectivity index (χ1n) is 9.93. The van der Waals surface area contributed by atoms with Crippen molar-refractivity contribution < 1.29 is 41.0 Å². The van der Waals surface area contributed by atoms with E-state index in [9.17, 15) is 26.7 Å². The fourth-order valence-corrected chi connectivity index (χ4v) is 5.78. The number of rotatable bonds is 3. The molecule has 5 rings (SSSR count). The number of ether oxygens (including phenoxy) is 3. The van der Waals surface area contributed by atoms with Crippen LogP contribution in [0.15, 0.2) is 24.3 Å². The van der Waals surface area contributed by atoms with Crippen LogP contribution < -0.4 is 9.47 Å². The second kappa shape index (κ2) is 6.34. The first-order chi connectivity index (χ1) is 14.5. The number of methoxy groups -OCH3 is 1. The number of nitrogens with zero attached hydrogens (tertiary/aromatic N) is 1. The van der Waals surface area contributed by atoms with Crippen molar-refractivity contribution in [2.24, 2.45) is 5.92 Å². The van der Waals surface area contributed by atoms with Crippen molar-refractivity contribution in [3.63, 3.8) is 0 Å². The molecule has 10 heteroatoms. The molecule has 1 spiro atoms. The Bertz CT molecular complexity index is 977. The Labute approximate surface area is 174 Å². The molecule has 0 saturated carbocycles. The fraction of sp³-hybridized carbons (Fsp3) is 0.571. The van der Waals surface area contributed by atoms with Crippen LogP contribution in [0.5, 0.6) is 11.5 Å². The molecule has 2 heterocycles. The smallest absolute Gasteiger partial charge is 0.465 e. The largest absolute Gasteiger partial charge is 0.493 e. The van der Waals surface area contributed by atoms with Gasteiger partial charge in [-0.15, -0.1) is 0 Å². The van der Waals surface area contributed by atoms with E-state index in [1.807, 2.05) is 13.1 Å². The third-order valence-corrected chi connectivity index (χ3v) is 7.19.